The molecule has 0 unspecified atom stereocenters. The van der Waals surface area contributed by atoms with E-state index in [4.69, 9.17) is 16.0 Å². The molecule has 1 rings (SSSR count). The van der Waals surface area contributed by atoms with E-state index in [1.54, 1.807) is 0 Å². The Balaban J connectivity index is 2.57. The summed E-state index contributed by atoms with van der Waals surface area (Å²) in [6.45, 7) is 0.122. The van der Waals surface area contributed by atoms with Crippen molar-refractivity contribution in [2.45, 2.75) is 19.3 Å². The molecule has 1 aromatic rings. The molecule has 0 atom stereocenters. The minimum atomic E-state index is -1.75. The number of carbonyl (C=O) groups excluding carboxylic acids is 1. The zero-order chi connectivity index (χ0) is 16.0. The largest absolute Gasteiger partial charge is 0.503 e. The third-order valence-corrected chi connectivity index (χ3v) is 2.65. The molecule has 0 saturated heterocycles. The normalized spacial score (nSPS) is 11.5. The van der Waals surface area contributed by atoms with Crippen LogP contribution in [0.5, 0.6) is 5.75 Å². The first kappa shape index (κ1) is 16.6. The standard InChI is InChI=1S/C12H14F3N3O3/c13-7-5-6(9(14)11(19)10(7)15)12(20)17-4-2-1-3-8(16)18-21/h5,19,21H,1-4H2,(H2,16,18)(H,17,20). The molecule has 0 spiro atoms. The predicted molar refractivity (Wildman–Crippen MR) is 67.6 cm³/mol. The minimum absolute atomic E-state index is 0.0397. The number of hydrogen-bond donors (Lipinski definition) is 4. The molecule has 1 amide bonds. The molecule has 6 nitrogen and oxygen atoms in total. The number of amides is 1. The van der Waals surface area contributed by atoms with Gasteiger partial charge < -0.3 is 21.4 Å². The summed E-state index contributed by atoms with van der Waals surface area (Å²) in [6.07, 6.45) is 1.26. The van der Waals surface area contributed by atoms with Crippen molar-refractivity contribution in [1.29, 1.82) is 0 Å². The SMILES string of the molecule is NC(CCCCNC(=O)c1cc(F)c(F)c(O)c1F)=NO. The molecule has 9 heteroatoms. The fourth-order valence-electron chi connectivity index (χ4n) is 1.53. The maximum Gasteiger partial charge on any atom is 0.254 e. The molecule has 0 aromatic heterocycles. The zero-order valence-corrected chi connectivity index (χ0v) is 10.9. The van der Waals surface area contributed by atoms with Gasteiger partial charge in [-0.05, 0) is 18.9 Å². The Bertz CT molecular complexity index is 564. The smallest absolute Gasteiger partial charge is 0.254 e. The number of unbranched alkanes of at least 4 members (excludes halogenated alkanes) is 1. The second-order valence-corrected chi connectivity index (χ2v) is 4.19. The first-order valence-electron chi connectivity index (χ1n) is 5.99. The number of phenolic OH excluding ortho intramolecular Hbond substituents is 1. The third-order valence-electron chi connectivity index (χ3n) is 2.65. The van der Waals surface area contributed by atoms with E-state index in [9.17, 15) is 18.0 Å². The van der Waals surface area contributed by atoms with Crippen LogP contribution in [0.4, 0.5) is 13.2 Å². The lowest BCUT2D eigenvalue weighted by atomic mass is 10.1. The van der Waals surface area contributed by atoms with Crippen LogP contribution in [0.1, 0.15) is 29.6 Å². The summed E-state index contributed by atoms with van der Waals surface area (Å²) in [4.78, 5) is 11.6. The molecule has 5 N–H and O–H groups in total. The molecule has 0 aliphatic heterocycles. The van der Waals surface area contributed by atoms with E-state index in [0.29, 0.717) is 25.3 Å². The van der Waals surface area contributed by atoms with Crippen LogP contribution in [0.2, 0.25) is 0 Å². The maximum atomic E-state index is 13.4. The molecule has 0 bridgehead atoms. The molecule has 0 heterocycles. The summed E-state index contributed by atoms with van der Waals surface area (Å²) in [5, 5.41) is 22.3. The van der Waals surface area contributed by atoms with E-state index >= 15 is 0 Å². The van der Waals surface area contributed by atoms with Gasteiger partial charge in [-0.15, -0.1) is 0 Å². The van der Waals surface area contributed by atoms with Gasteiger partial charge in [-0.3, -0.25) is 4.79 Å². The Kier molecular flexibility index (Phi) is 5.82. The number of carbonyl (C=O) groups is 1. The summed E-state index contributed by atoms with van der Waals surface area (Å²) in [7, 11) is 0. The topological polar surface area (TPSA) is 108 Å². The number of nitrogens with one attached hydrogen (secondary N) is 1. The molecular formula is C12H14F3N3O3. The van der Waals surface area contributed by atoms with Crippen LogP contribution >= 0.6 is 0 Å². The van der Waals surface area contributed by atoms with Crippen molar-refractivity contribution in [2.24, 2.45) is 10.9 Å². The van der Waals surface area contributed by atoms with E-state index in [1.807, 2.05) is 0 Å². The number of benzene rings is 1. The Morgan fingerprint density at radius 2 is 1.95 bits per heavy atom. The summed E-state index contributed by atoms with van der Waals surface area (Å²) in [6, 6.07) is 0.371. The lowest BCUT2D eigenvalue weighted by Gasteiger charge is -2.08. The summed E-state index contributed by atoms with van der Waals surface area (Å²) in [5.74, 6) is -7.27. The van der Waals surface area contributed by atoms with Gasteiger partial charge >= 0.3 is 0 Å². The predicted octanol–water partition coefficient (Wildman–Crippen LogP) is 1.46. The van der Waals surface area contributed by atoms with Crippen LogP contribution < -0.4 is 11.1 Å². The first-order valence-corrected chi connectivity index (χ1v) is 5.99. The summed E-state index contributed by atoms with van der Waals surface area (Å²) in [5.41, 5.74) is 4.44. The van der Waals surface area contributed by atoms with Gasteiger partial charge in [0.25, 0.3) is 5.91 Å². The number of aromatic hydroxyl groups is 1. The van der Waals surface area contributed by atoms with Gasteiger partial charge in [0.15, 0.2) is 17.4 Å². The van der Waals surface area contributed by atoms with Gasteiger partial charge in [0.1, 0.15) is 5.84 Å². The van der Waals surface area contributed by atoms with E-state index in [1.165, 1.54) is 0 Å². The minimum Gasteiger partial charge on any atom is -0.503 e. The molecule has 0 aliphatic rings. The van der Waals surface area contributed by atoms with Crippen LogP contribution in [0.25, 0.3) is 0 Å². The fraction of sp³-hybridized carbons (Fsp3) is 0.333. The maximum absolute atomic E-state index is 13.4. The molecule has 0 radical (unpaired) electrons. The Morgan fingerprint density at radius 3 is 2.57 bits per heavy atom. The van der Waals surface area contributed by atoms with Crippen molar-refractivity contribution in [1.82, 2.24) is 5.32 Å². The average molecular weight is 305 g/mol. The van der Waals surface area contributed by atoms with E-state index in [2.05, 4.69) is 10.5 Å². The highest BCUT2D eigenvalue weighted by molar-refractivity contribution is 5.94. The number of nitrogens with zero attached hydrogens (tertiary/aromatic N) is 1. The molecule has 0 fully saturated rings. The van der Waals surface area contributed by atoms with Crippen molar-refractivity contribution < 1.29 is 28.3 Å². The second kappa shape index (κ2) is 7.36. The van der Waals surface area contributed by atoms with Crippen molar-refractivity contribution in [3.8, 4) is 5.75 Å². The number of phenols is 1. The van der Waals surface area contributed by atoms with Gasteiger partial charge in [0.2, 0.25) is 5.82 Å². The molecule has 0 aliphatic carbocycles. The molecule has 116 valence electrons. The zero-order valence-electron chi connectivity index (χ0n) is 10.9. The van der Waals surface area contributed by atoms with Crippen molar-refractivity contribution >= 4 is 11.7 Å². The van der Waals surface area contributed by atoms with Gasteiger partial charge in [-0.1, -0.05) is 5.16 Å². The second-order valence-electron chi connectivity index (χ2n) is 4.19. The number of oxime groups is 1. The molecular weight excluding hydrogens is 291 g/mol. The van der Waals surface area contributed by atoms with Crippen molar-refractivity contribution in [2.75, 3.05) is 6.54 Å². The molecule has 21 heavy (non-hydrogen) atoms. The molecule has 0 saturated carbocycles. The van der Waals surface area contributed by atoms with E-state index in [0.717, 1.165) is 0 Å². The number of halogens is 3. The van der Waals surface area contributed by atoms with Crippen LogP contribution in [0, 0.1) is 17.5 Å². The highest BCUT2D eigenvalue weighted by atomic mass is 19.2. The highest BCUT2D eigenvalue weighted by Crippen LogP contribution is 2.25. The number of amidine groups is 1. The Labute approximate surface area is 118 Å². The highest BCUT2D eigenvalue weighted by Gasteiger charge is 2.22. The van der Waals surface area contributed by atoms with Gasteiger partial charge in [-0.2, -0.15) is 4.39 Å². The lowest BCUT2D eigenvalue weighted by Crippen LogP contribution is -2.26. The van der Waals surface area contributed by atoms with Crippen molar-refractivity contribution in [3.63, 3.8) is 0 Å². The summed E-state index contributed by atoms with van der Waals surface area (Å²) < 4.78 is 39.3. The summed E-state index contributed by atoms with van der Waals surface area (Å²) >= 11 is 0. The van der Waals surface area contributed by atoms with Crippen LogP contribution in [0.3, 0.4) is 0 Å². The third kappa shape index (κ3) is 4.26. The van der Waals surface area contributed by atoms with Gasteiger partial charge in [0.05, 0.1) is 5.56 Å². The van der Waals surface area contributed by atoms with Crippen molar-refractivity contribution in [3.05, 3.63) is 29.1 Å². The lowest BCUT2D eigenvalue weighted by molar-refractivity contribution is 0.0947. The Morgan fingerprint density at radius 1 is 1.29 bits per heavy atom. The van der Waals surface area contributed by atoms with E-state index < -0.39 is 34.7 Å². The number of nitrogens with two attached hydrogens (primary N) is 1. The quantitative estimate of drug-likeness (QED) is 0.159. The first-order chi connectivity index (χ1) is 9.88. The fourth-order valence-corrected chi connectivity index (χ4v) is 1.53. The van der Waals surface area contributed by atoms with Crippen LogP contribution in [-0.4, -0.2) is 28.6 Å². The average Bonchev–Trinajstić information content (AvgIpc) is 2.47. The number of hydrogen-bond acceptors (Lipinski definition) is 4. The molecule has 1 aromatic carbocycles. The van der Waals surface area contributed by atoms with Gasteiger partial charge in [0, 0.05) is 13.0 Å². The van der Waals surface area contributed by atoms with Gasteiger partial charge in [-0.25, -0.2) is 8.78 Å². The van der Waals surface area contributed by atoms with Crippen LogP contribution in [-0.2, 0) is 0 Å². The monoisotopic (exact) mass is 305 g/mol. The number of rotatable bonds is 6. The van der Waals surface area contributed by atoms with Crippen LogP contribution in [0.15, 0.2) is 11.2 Å². The Hall–Kier alpha value is -2.45. The van der Waals surface area contributed by atoms with E-state index in [-0.39, 0.29) is 12.4 Å².